The van der Waals surface area contributed by atoms with Crippen LogP contribution >= 0.6 is 0 Å². The van der Waals surface area contributed by atoms with E-state index in [-0.39, 0.29) is 17.5 Å². The van der Waals surface area contributed by atoms with Gasteiger partial charge < -0.3 is 15.2 Å². The summed E-state index contributed by atoms with van der Waals surface area (Å²) in [6.45, 7) is 5.86. The summed E-state index contributed by atoms with van der Waals surface area (Å²) in [5.74, 6) is -0.164. The summed E-state index contributed by atoms with van der Waals surface area (Å²) in [5.41, 5.74) is -0.00769. The Morgan fingerprint density at radius 1 is 1.29 bits per heavy atom. The van der Waals surface area contributed by atoms with Crippen LogP contribution in [0.5, 0.6) is 0 Å². The van der Waals surface area contributed by atoms with Gasteiger partial charge in [-0.3, -0.25) is 4.79 Å². The molecule has 0 spiro atoms. The molecule has 0 radical (unpaired) electrons. The molecule has 6 nitrogen and oxygen atoms in total. The van der Waals surface area contributed by atoms with E-state index >= 15 is 0 Å². The van der Waals surface area contributed by atoms with Gasteiger partial charge in [-0.1, -0.05) is 31.1 Å². The predicted molar refractivity (Wildman–Crippen MR) is 88.0 cm³/mol. The van der Waals surface area contributed by atoms with E-state index in [1.165, 1.54) is 12.1 Å². The molecule has 24 heavy (non-hydrogen) atoms. The molecule has 0 fully saturated rings. The molecule has 0 bridgehead atoms. The molecule has 2 atom stereocenters. The average molecular weight is 334 g/mol. The smallest absolute Gasteiger partial charge is 0.254 e. The van der Waals surface area contributed by atoms with E-state index < -0.39 is 17.8 Å². The van der Waals surface area contributed by atoms with Crippen LogP contribution in [-0.4, -0.2) is 29.1 Å². The molecule has 2 unspecified atom stereocenters. The second-order valence-electron chi connectivity index (χ2n) is 6.12. The SMILES string of the molecule is CNC(C)Cc1noc(C(NC(=O)c2ccccc2F)C(C)C)n1. The highest BCUT2D eigenvalue weighted by molar-refractivity contribution is 5.94. The van der Waals surface area contributed by atoms with Crippen LogP contribution in [0.25, 0.3) is 0 Å². The average Bonchev–Trinajstić information content (AvgIpc) is 3.00. The zero-order chi connectivity index (χ0) is 17.7. The van der Waals surface area contributed by atoms with Gasteiger partial charge in [-0.15, -0.1) is 0 Å². The Labute approximate surface area is 140 Å². The highest BCUT2D eigenvalue weighted by atomic mass is 19.1. The number of hydrogen-bond donors (Lipinski definition) is 2. The number of rotatable bonds is 7. The minimum absolute atomic E-state index is 0.00769. The van der Waals surface area contributed by atoms with Crippen molar-refractivity contribution >= 4 is 5.91 Å². The van der Waals surface area contributed by atoms with Crippen molar-refractivity contribution in [2.75, 3.05) is 7.05 Å². The van der Waals surface area contributed by atoms with Crippen LogP contribution in [0.4, 0.5) is 4.39 Å². The van der Waals surface area contributed by atoms with Crippen molar-refractivity contribution in [3.63, 3.8) is 0 Å². The van der Waals surface area contributed by atoms with Crippen LogP contribution < -0.4 is 10.6 Å². The van der Waals surface area contributed by atoms with E-state index in [0.717, 1.165) is 0 Å². The Balaban J connectivity index is 2.15. The zero-order valence-corrected chi connectivity index (χ0v) is 14.3. The maximum atomic E-state index is 13.8. The highest BCUT2D eigenvalue weighted by Gasteiger charge is 2.26. The number of nitrogens with zero attached hydrogens (tertiary/aromatic N) is 2. The molecule has 2 rings (SSSR count). The van der Waals surface area contributed by atoms with E-state index in [1.807, 2.05) is 27.8 Å². The van der Waals surface area contributed by atoms with Gasteiger partial charge in [-0.05, 0) is 32.0 Å². The first-order chi connectivity index (χ1) is 11.4. The van der Waals surface area contributed by atoms with Crippen molar-refractivity contribution in [2.24, 2.45) is 5.92 Å². The van der Waals surface area contributed by atoms with E-state index in [4.69, 9.17) is 4.52 Å². The lowest BCUT2D eigenvalue weighted by molar-refractivity contribution is 0.0910. The fourth-order valence-corrected chi connectivity index (χ4v) is 2.23. The predicted octanol–water partition coefficient (Wildman–Crippen LogP) is 2.49. The summed E-state index contributed by atoms with van der Waals surface area (Å²) in [4.78, 5) is 16.7. The highest BCUT2D eigenvalue weighted by Crippen LogP contribution is 2.21. The van der Waals surface area contributed by atoms with Gasteiger partial charge in [0, 0.05) is 12.5 Å². The molecule has 0 saturated carbocycles. The summed E-state index contributed by atoms with van der Waals surface area (Å²) in [5, 5.41) is 9.83. The number of halogens is 1. The van der Waals surface area contributed by atoms with Gasteiger partial charge in [-0.2, -0.15) is 4.98 Å². The lowest BCUT2D eigenvalue weighted by Crippen LogP contribution is -2.32. The molecule has 130 valence electrons. The van der Waals surface area contributed by atoms with Crippen molar-refractivity contribution in [1.82, 2.24) is 20.8 Å². The molecule has 2 aromatic rings. The summed E-state index contributed by atoms with van der Waals surface area (Å²) < 4.78 is 19.1. The second kappa shape index (κ2) is 8.01. The number of likely N-dealkylation sites (N-methyl/N-ethyl adjacent to an activating group) is 1. The first-order valence-electron chi connectivity index (χ1n) is 7.97. The van der Waals surface area contributed by atoms with Crippen molar-refractivity contribution in [3.8, 4) is 0 Å². The van der Waals surface area contributed by atoms with Crippen molar-refractivity contribution in [1.29, 1.82) is 0 Å². The number of carbonyl (C=O) groups is 1. The van der Waals surface area contributed by atoms with Crippen LogP contribution in [0.15, 0.2) is 28.8 Å². The molecule has 1 aromatic carbocycles. The van der Waals surface area contributed by atoms with Crippen molar-refractivity contribution in [2.45, 2.75) is 39.3 Å². The van der Waals surface area contributed by atoms with Gasteiger partial charge >= 0.3 is 0 Å². The molecule has 1 heterocycles. The first kappa shape index (κ1) is 18.1. The molecule has 0 aliphatic rings. The maximum Gasteiger partial charge on any atom is 0.254 e. The largest absolute Gasteiger partial charge is 0.340 e. The van der Waals surface area contributed by atoms with Crippen LogP contribution in [-0.2, 0) is 6.42 Å². The van der Waals surface area contributed by atoms with Gasteiger partial charge in [0.1, 0.15) is 11.9 Å². The summed E-state index contributed by atoms with van der Waals surface area (Å²) in [7, 11) is 1.86. The third kappa shape index (κ3) is 4.38. The number of amides is 1. The lowest BCUT2D eigenvalue weighted by Gasteiger charge is -2.18. The van der Waals surface area contributed by atoms with Crippen molar-refractivity contribution < 1.29 is 13.7 Å². The molecule has 0 saturated heterocycles. The minimum atomic E-state index is -0.563. The van der Waals surface area contributed by atoms with Crippen LogP contribution in [0, 0.1) is 11.7 Å². The minimum Gasteiger partial charge on any atom is -0.340 e. The molecule has 1 aromatic heterocycles. The maximum absolute atomic E-state index is 13.8. The Hall–Kier alpha value is -2.28. The Morgan fingerprint density at radius 2 is 2.00 bits per heavy atom. The monoisotopic (exact) mass is 334 g/mol. The zero-order valence-electron chi connectivity index (χ0n) is 14.3. The van der Waals surface area contributed by atoms with Crippen LogP contribution in [0.2, 0.25) is 0 Å². The number of nitrogens with one attached hydrogen (secondary N) is 2. The molecule has 0 aliphatic carbocycles. The van der Waals surface area contributed by atoms with E-state index in [9.17, 15) is 9.18 Å². The molecule has 1 amide bonds. The fourth-order valence-electron chi connectivity index (χ4n) is 2.23. The molecule has 2 N–H and O–H groups in total. The Bertz CT molecular complexity index is 687. The molecule has 7 heteroatoms. The van der Waals surface area contributed by atoms with Gasteiger partial charge in [0.15, 0.2) is 5.82 Å². The molecule has 0 aliphatic heterocycles. The molecular weight excluding hydrogens is 311 g/mol. The summed E-state index contributed by atoms with van der Waals surface area (Å²) >= 11 is 0. The van der Waals surface area contributed by atoms with E-state index in [1.54, 1.807) is 12.1 Å². The number of aromatic nitrogens is 2. The van der Waals surface area contributed by atoms with E-state index in [0.29, 0.717) is 18.1 Å². The topological polar surface area (TPSA) is 80.0 Å². The normalized spacial score (nSPS) is 13.8. The Morgan fingerprint density at radius 3 is 2.62 bits per heavy atom. The third-order valence-corrected chi connectivity index (χ3v) is 3.80. The number of hydrogen-bond acceptors (Lipinski definition) is 5. The quantitative estimate of drug-likeness (QED) is 0.813. The van der Waals surface area contributed by atoms with E-state index in [2.05, 4.69) is 20.8 Å². The lowest BCUT2D eigenvalue weighted by atomic mass is 10.0. The van der Waals surface area contributed by atoms with Crippen molar-refractivity contribution in [3.05, 3.63) is 47.4 Å². The van der Waals surface area contributed by atoms with Crippen LogP contribution in [0.3, 0.4) is 0 Å². The van der Waals surface area contributed by atoms with Gasteiger partial charge in [0.05, 0.1) is 5.56 Å². The van der Waals surface area contributed by atoms with Gasteiger partial charge in [0.2, 0.25) is 5.89 Å². The van der Waals surface area contributed by atoms with Gasteiger partial charge in [-0.25, -0.2) is 4.39 Å². The first-order valence-corrected chi connectivity index (χ1v) is 7.97. The number of benzene rings is 1. The standard InChI is InChI=1S/C17H23FN4O2/c1-10(2)15(17-20-14(22-24-17)9-11(3)19-4)21-16(23)12-7-5-6-8-13(12)18/h5-8,10-11,15,19H,9H2,1-4H3,(H,21,23). The summed E-state index contributed by atoms with van der Waals surface area (Å²) in [6.07, 6.45) is 0.617. The molecular formula is C17H23FN4O2. The Kier molecular flexibility index (Phi) is 6.03. The summed E-state index contributed by atoms with van der Waals surface area (Å²) in [6, 6.07) is 5.58. The van der Waals surface area contributed by atoms with Crippen LogP contribution in [0.1, 0.15) is 48.9 Å². The third-order valence-electron chi connectivity index (χ3n) is 3.80. The number of carbonyl (C=O) groups excluding carboxylic acids is 1. The second-order valence-corrected chi connectivity index (χ2v) is 6.12. The fraction of sp³-hybridized carbons (Fsp3) is 0.471. The van der Waals surface area contributed by atoms with Gasteiger partial charge in [0.25, 0.3) is 5.91 Å².